The average Bonchev–Trinajstić information content (AvgIpc) is 2.54. The van der Waals surface area contributed by atoms with Gasteiger partial charge in [-0.3, -0.25) is 4.79 Å². The molecule has 0 spiro atoms. The van der Waals surface area contributed by atoms with Crippen LogP contribution in [-0.4, -0.2) is 26.0 Å². The topological polar surface area (TPSA) is 61.5 Å². The van der Waals surface area contributed by atoms with Crippen LogP contribution in [0.1, 0.15) is 15.9 Å². The fourth-order valence-electron chi connectivity index (χ4n) is 1.86. The third-order valence-electron chi connectivity index (χ3n) is 2.66. The van der Waals surface area contributed by atoms with Gasteiger partial charge in [0.1, 0.15) is 11.5 Å². The zero-order valence-electron chi connectivity index (χ0n) is 8.74. The van der Waals surface area contributed by atoms with Crippen LogP contribution in [0, 0.1) is 0 Å². The van der Waals surface area contributed by atoms with Crippen LogP contribution in [0.15, 0.2) is 12.1 Å². The standard InChI is InChI=1S/C11H13NO3/c1-14-6-3-8-7(10(4-6)15-2)5-9(12)11(8)13/h3-4,9H,5,12H2,1-2H3. The molecule has 1 aromatic rings. The Balaban J connectivity index is 2.57. The zero-order valence-corrected chi connectivity index (χ0v) is 8.74. The van der Waals surface area contributed by atoms with Gasteiger partial charge in [-0.15, -0.1) is 0 Å². The summed E-state index contributed by atoms with van der Waals surface area (Å²) in [6, 6.07) is 3.04. The van der Waals surface area contributed by atoms with Gasteiger partial charge >= 0.3 is 0 Å². The number of Topliss-reactive ketones (excluding diaryl/α,β-unsaturated/α-hetero) is 1. The summed E-state index contributed by atoms with van der Waals surface area (Å²) in [7, 11) is 3.13. The quantitative estimate of drug-likeness (QED) is 0.778. The Morgan fingerprint density at radius 2 is 2.07 bits per heavy atom. The number of hydrogen-bond donors (Lipinski definition) is 1. The summed E-state index contributed by atoms with van der Waals surface area (Å²) in [5, 5.41) is 0. The van der Waals surface area contributed by atoms with Crippen molar-refractivity contribution in [2.45, 2.75) is 12.5 Å². The predicted molar refractivity (Wildman–Crippen MR) is 55.6 cm³/mol. The van der Waals surface area contributed by atoms with Crippen LogP contribution in [-0.2, 0) is 6.42 Å². The molecule has 1 aromatic carbocycles. The first-order valence-corrected chi connectivity index (χ1v) is 4.72. The van der Waals surface area contributed by atoms with E-state index < -0.39 is 6.04 Å². The van der Waals surface area contributed by atoms with Crippen LogP contribution < -0.4 is 15.2 Å². The van der Waals surface area contributed by atoms with E-state index >= 15 is 0 Å². The van der Waals surface area contributed by atoms with Crippen molar-refractivity contribution in [3.63, 3.8) is 0 Å². The summed E-state index contributed by atoms with van der Waals surface area (Å²) in [5.74, 6) is 1.25. The van der Waals surface area contributed by atoms with Gasteiger partial charge in [0.25, 0.3) is 0 Å². The van der Waals surface area contributed by atoms with Crippen LogP contribution in [0.2, 0.25) is 0 Å². The van der Waals surface area contributed by atoms with E-state index in [2.05, 4.69) is 0 Å². The summed E-state index contributed by atoms with van der Waals surface area (Å²) < 4.78 is 10.3. The molecule has 0 saturated carbocycles. The van der Waals surface area contributed by atoms with Crippen molar-refractivity contribution in [1.82, 2.24) is 0 Å². The first-order chi connectivity index (χ1) is 7.17. The molecular weight excluding hydrogens is 194 g/mol. The molecule has 0 fully saturated rings. The molecule has 4 nitrogen and oxygen atoms in total. The van der Waals surface area contributed by atoms with Gasteiger partial charge in [-0.25, -0.2) is 0 Å². The Hall–Kier alpha value is -1.55. The molecule has 0 amide bonds. The maximum Gasteiger partial charge on any atom is 0.180 e. The fraction of sp³-hybridized carbons (Fsp3) is 0.364. The molecule has 15 heavy (non-hydrogen) atoms. The first kappa shape index (κ1) is 9.98. The molecule has 0 aliphatic heterocycles. The number of carbonyl (C=O) groups excluding carboxylic acids is 1. The summed E-state index contributed by atoms with van der Waals surface area (Å²) in [4.78, 5) is 11.7. The Morgan fingerprint density at radius 1 is 1.33 bits per heavy atom. The Bertz CT molecular complexity index is 415. The minimum atomic E-state index is -0.444. The zero-order chi connectivity index (χ0) is 11.0. The lowest BCUT2D eigenvalue weighted by Crippen LogP contribution is -2.26. The van der Waals surface area contributed by atoms with Crippen molar-refractivity contribution in [2.75, 3.05) is 14.2 Å². The number of benzene rings is 1. The molecule has 1 atom stereocenters. The largest absolute Gasteiger partial charge is 0.497 e. The van der Waals surface area contributed by atoms with Crippen LogP contribution in [0.3, 0.4) is 0 Å². The minimum Gasteiger partial charge on any atom is -0.497 e. The molecule has 1 aliphatic carbocycles. The molecule has 2 N–H and O–H groups in total. The number of methoxy groups -OCH3 is 2. The van der Waals surface area contributed by atoms with E-state index in [1.807, 2.05) is 0 Å². The Kier molecular flexibility index (Phi) is 2.36. The first-order valence-electron chi connectivity index (χ1n) is 4.72. The summed E-state index contributed by atoms with van der Waals surface area (Å²) in [6.45, 7) is 0. The van der Waals surface area contributed by atoms with Crippen molar-refractivity contribution in [3.05, 3.63) is 23.3 Å². The van der Waals surface area contributed by atoms with Crippen LogP contribution in [0.4, 0.5) is 0 Å². The van der Waals surface area contributed by atoms with Gasteiger partial charge in [0.15, 0.2) is 5.78 Å². The molecule has 0 heterocycles. The number of fused-ring (bicyclic) bond motifs is 1. The SMILES string of the molecule is COc1cc(OC)c2c(c1)C(=O)C(N)C2. The van der Waals surface area contributed by atoms with Gasteiger partial charge in [0.05, 0.1) is 20.3 Å². The van der Waals surface area contributed by atoms with E-state index in [4.69, 9.17) is 15.2 Å². The second-order valence-electron chi connectivity index (χ2n) is 3.53. The van der Waals surface area contributed by atoms with Crippen molar-refractivity contribution < 1.29 is 14.3 Å². The highest BCUT2D eigenvalue weighted by Gasteiger charge is 2.30. The van der Waals surface area contributed by atoms with E-state index in [0.717, 1.165) is 5.56 Å². The van der Waals surface area contributed by atoms with Gasteiger partial charge < -0.3 is 15.2 Å². The van der Waals surface area contributed by atoms with Gasteiger partial charge in [0, 0.05) is 17.2 Å². The number of carbonyl (C=O) groups is 1. The van der Waals surface area contributed by atoms with Gasteiger partial charge in [-0.1, -0.05) is 0 Å². The number of nitrogens with two attached hydrogens (primary N) is 1. The highest BCUT2D eigenvalue weighted by molar-refractivity contribution is 6.05. The van der Waals surface area contributed by atoms with E-state index in [9.17, 15) is 4.79 Å². The molecule has 0 saturated heterocycles. The Labute approximate surface area is 88.0 Å². The van der Waals surface area contributed by atoms with Crippen molar-refractivity contribution in [3.8, 4) is 11.5 Å². The van der Waals surface area contributed by atoms with Gasteiger partial charge in [-0.05, 0) is 12.5 Å². The van der Waals surface area contributed by atoms with Crippen molar-refractivity contribution in [2.24, 2.45) is 5.73 Å². The lowest BCUT2D eigenvalue weighted by atomic mass is 10.1. The number of hydrogen-bond acceptors (Lipinski definition) is 4. The van der Waals surface area contributed by atoms with Crippen LogP contribution in [0.25, 0.3) is 0 Å². The van der Waals surface area contributed by atoms with Gasteiger partial charge in [-0.2, -0.15) is 0 Å². The smallest absolute Gasteiger partial charge is 0.180 e. The molecule has 2 rings (SSSR count). The molecule has 0 aromatic heterocycles. The van der Waals surface area contributed by atoms with Gasteiger partial charge in [0.2, 0.25) is 0 Å². The predicted octanol–water partition coefficient (Wildman–Crippen LogP) is 0.770. The molecule has 4 heteroatoms. The maximum atomic E-state index is 11.7. The van der Waals surface area contributed by atoms with Crippen LogP contribution >= 0.6 is 0 Å². The van der Waals surface area contributed by atoms with Crippen molar-refractivity contribution >= 4 is 5.78 Å². The third kappa shape index (κ3) is 1.47. The van der Waals surface area contributed by atoms with Crippen molar-refractivity contribution in [1.29, 1.82) is 0 Å². The summed E-state index contributed by atoms with van der Waals surface area (Å²) >= 11 is 0. The monoisotopic (exact) mass is 207 g/mol. The second kappa shape index (κ2) is 3.55. The number of rotatable bonds is 2. The Morgan fingerprint density at radius 3 is 2.67 bits per heavy atom. The molecule has 1 unspecified atom stereocenters. The van der Waals surface area contributed by atoms with Crippen LogP contribution in [0.5, 0.6) is 11.5 Å². The summed E-state index contributed by atoms with van der Waals surface area (Å²) in [6.07, 6.45) is 0.543. The minimum absolute atomic E-state index is 0.0396. The third-order valence-corrected chi connectivity index (χ3v) is 2.66. The maximum absolute atomic E-state index is 11.7. The number of ketones is 1. The van der Waals surface area contributed by atoms with E-state index in [1.54, 1.807) is 26.4 Å². The lowest BCUT2D eigenvalue weighted by molar-refractivity contribution is 0.0974. The second-order valence-corrected chi connectivity index (χ2v) is 3.53. The van der Waals surface area contributed by atoms with E-state index in [-0.39, 0.29) is 5.78 Å². The highest BCUT2D eigenvalue weighted by Crippen LogP contribution is 2.34. The van der Waals surface area contributed by atoms with E-state index in [0.29, 0.717) is 23.5 Å². The molecule has 1 aliphatic rings. The average molecular weight is 207 g/mol. The van der Waals surface area contributed by atoms with E-state index in [1.165, 1.54) is 0 Å². The molecular formula is C11H13NO3. The normalized spacial score (nSPS) is 18.9. The molecule has 0 bridgehead atoms. The number of ether oxygens (including phenoxy) is 2. The lowest BCUT2D eigenvalue weighted by Gasteiger charge is -2.08. The summed E-state index contributed by atoms with van der Waals surface area (Å²) in [5.41, 5.74) is 7.21. The fourth-order valence-corrected chi connectivity index (χ4v) is 1.86. The molecule has 0 radical (unpaired) electrons. The molecule has 80 valence electrons. The highest BCUT2D eigenvalue weighted by atomic mass is 16.5.